The van der Waals surface area contributed by atoms with Crippen molar-refractivity contribution in [3.8, 4) is 11.3 Å². The first kappa shape index (κ1) is 19.9. The monoisotopic (exact) mass is 438 g/mol. The van der Waals surface area contributed by atoms with Gasteiger partial charge in [-0.1, -0.05) is 31.0 Å². The van der Waals surface area contributed by atoms with Crippen molar-refractivity contribution < 1.29 is 4.79 Å². The normalized spacial score (nSPS) is 21.9. The summed E-state index contributed by atoms with van der Waals surface area (Å²) < 4.78 is 2.14. The fraction of sp³-hybridized carbons (Fsp3) is 0.308. The highest BCUT2D eigenvalue weighted by molar-refractivity contribution is 6.04. The molecule has 3 aromatic heterocycles. The average Bonchev–Trinajstić information content (AvgIpc) is 3.21. The van der Waals surface area contributed by atoms with Crippen molar-refractivity contribution in [3.63, 3.8) is 0 Å². The van der Waals surface area contributed by atoms with Crippen LogP contribution in [0.15, 0.2) is 61.1 Å². The van der Waals surface area contributed by atoms with Crippen LogP contribution in [0.5, 0.6) is 0 Å². The summed E-state index contributed by atoms with van der Waals surface area (Å²) in [6, 6.07) is 12.9. The van der Waals surface area contributed by atoms with Gasteiger partial charge in [-0.25, -0.2) is 15.0 Å². The molecule has 4 aromatic rings. The van der Waals surface area contributed by atoms with Crippen LogP contribution in [0.25, 0.3) is 16.8 Å². The molecular formula is C26H26N6O. The Balaban J connectivity index is 1.35. The zero-order chi connectivity index (χ0) is 22.4. The minimum atomic E-state index is -0.199. The number of hydrogen-bond acceptors (Lipinski definition) is 5. The third-order valence-electron chi connectivity index (χ3n) is 7.35. The summed E-state index contributed by atoms with van der Waals surface area (Å²) in [5.74, 6) is 3.93. The van der Waals surface area contributed by atoms with Crippen molar-refractivity contribution in [2.24, 2.45) is 11.8 Å². The molecule has 1 amide bonds. The van der Waals surface area contributed by atoms with Gasteiger partial charge in [0.15, 0.2) is 0 Å². The van der Waals surface area contributed by atoms with Gasteiger partial charge in [0, 0.05) is 35.6 Å². The summed E-state index contributed by atoms with van der Waals surface area (Å²) in [4.78, 5) is 26.2. The molecule has 2 aliphatic carbocycles. The van der Waals surface area contributed by atoms with Crippen LogP contribution in [-0.4, -0.2) is 25.3 Å². The molecule has 3 unspecified atom stereocenters. The standard InChI is InChI=1S/C26H26N6O/c27-24-23-22(17-7-9-18(10-8-17)26(33)30-21-6-1-2-13-28-21)31-25(32(23)15-14-29-24)20-5-3-4-16-11-12-19(16)20/h1-2,6-10,13-16,19-20H,3-5,11-12H2,(H2,27,29)(H,28,30,33). The Morgan fingerprint density at radius 3 is 2.64 bits per heavy atom. The topological polar surface area (TPSA) is 98.2 Å². The summed E-state index contributed by atoms with van der Waals surface area (Å²) in [5, 5.41) is 2.82. The molecule has 0 aliphatic heterocycles. The lowest BCUT2D eigenvalue weighted by Crippen LogP contribution is -2.35. The molecule has 2 saturated carbocycles. The van der Waals surface area contributed by atoms with Gasteiger partial charge in [0.2, 0.25) is 0 Å². The van der Waals surface area contributed by atoms with E-state index in [9.17, 15) is 4.79 Å². The Morgan fingerprint density at radius 1 is 1.00 bits per heavy atom. The summed E-state index contributed by atoms with van der Waals surface area (Å²) in [6.45, 7) is 0. The Kier molecular flexibility index (Phi) is 4.82. The van der Waals surface area contributed by atoms with Crippen LogP contribution < -0.4 is 11.1 Å². The van der Waals surface area contributed by atoms with Crippen LogP contribution in [-0.2, 0) is 0 Å². The Labute approximate surface area is 192 Å². The largest absolute Gasteiger partial charge is 0.382 e. The molecule has 2 aliphatic rings. The molecule has 0 spiro atoms. The highest BCUT2D eigenvalue weighted by Gasteiger charge is 2.42. The SMILES string of the molecule is Nc1nccn2c(C3CCCC4CCC43)nc(-c3ccc(C(=O)Nc4ccccn4)cc3)c12. The number of fused-ring (bicyclic) bond motifs is 2. The van der Waals surface area contributed by atoms with E-state index in [2.05, 4.69) is 19.7 Å². The molecule has 3 heterocycles. The van der Waals surface area contributed by atoms with Crippen molar-refractivity contribution in [2.75, 3.05) is 11.1 Å². The van der Waals surface area contributed by atoms with Crippen LogP contribution in [0.2, 0.25) is 0 Å². The second kappa shape index (κ2) is 7.99. The lowest BCUT2D eigenvalue weighted by atomic mass is 9.60. The highest BCUT2D eigenvalue weighted by Crippen LogP contribution is 2.52. The summed E-state index contributed by atoms with van der Waals surface area (Å²) in [6.07, 6.45) is 11.8. The zero-order valence-corrected chi connectivity index (χ0v) is 18.3. The highest BCUT2D eigenvalue weighted by atomic mass is 16.1. The quantitative estimate of drug-likeness (QED) is 0.471. The second-order valence-electron chi connectivity index (χ2n) is 9.13. The first-order chi connectivity index (χ1) is 16.2. The Morgan fingerprint density at radius 2 is 1.88 bits per heavy atom. The smallest absolute Gasteiger partial charge is 0.256 e. The number of nitrogen functional groups attached to an aromatic ring is 1. The van der Waals surface area contributed by atoms with E-state index >= 15 is 0 Å². The van der Waals surface area contributed by atoms with Gasteiger partial charge in [-0.05, 0) is 55.4 Å². The number of aromatic nitrogens is 4. The van der Waals surface area contributed by atoms with E-state index in [4.69, 9.17) is 10.7 Å². The molecule has 7 nitrogen and oxygen atoms in total. The molecule has 0 radical (unpaired) electrons. The number of carbonyl (C=O) groups excluding carboxylic acids is 1. The molecular weight excluding hydrogens is 412 g/mol. The van der Waals surface area contributed by atoms with Crippen LogP contribution >= 0.6 is 0 Å². The number of pyridine rings is 1. The fourth-order valence-electron chi connectivity index (χ4n) is 5.57. The molecule has 3 atom stereocenters. The van der Waals surface area contributed by atoms with Gasteiger partial charge < -0.3 is 11.1 Å². The van der Waals surface area contributed by atoms with E-state index in [1.165, 1.54) is 32.1 Å². The first-order valence-electron chi connectivity index (χ1n) is 11.6. The maximum absolute atomic E-state index is 12.6. The van der Waals surface area contributed by atoms with Gasteiger partial charge in [0.25, 0.3) is 5.91 Å². The van der Waals surface area contributed by atoms with E-state index in [1.54, 1.807) is 18.5 Å². The van der Waals surface area contributed by atoms with E-state index in [-0.39, 0.29) is 5.91 Å². The average molecular weight is 439 g/mol. The Bertz CT molecular complexity index is 1310. The second-order valence-corrected chi connectivity index (χ2v) is 9.13. The van der Waals surface area contributed by atoms with E-state index < -0.39 is 0 Å². The maximum Gasteiger partial charge on any atom is 0.256 e. The summed E-state index contributed by atoms with van der Waals surface area (Å²) in [5.41, 5.74) is 9.49. The number of nitrogens with one attached hydrogen (secondary N) is 1. The number of nitrogens with zero attached hydrogens (tertiary/aromatic N) is 4. The number of amides is 1. The fourth-order valence-corrected chi connectivity index (χ4v) is 5.57. The van der Waals surface area contributed by atoms with Crippen molar-refractivity contribution in [1.82, 2.24) is 19.4 Å². The minimum absolute atomic E-state index is 0.199. The van der Waals surface area contributed by atoms with Crippen LogP contribution in [0.3, 0.4) is 0 Å². The number of benzene rings is 1. The molecule has 166 valence electrons. The number of hydrogen-bond donors (Lipinski definition) is 2. The molecule has 6 rings (SSSR count). The number of imidazole rings is 1. The predicted molar refractivity (Wildman–Crippen MR) is 128 cm³/mol. The molecule has 1 aromatic carbocycles. The number of carbonyl (C=O) groups is 1. The van der Waals surface area contributed by atoms with Crippen LogP contribution in [0, 0.1) is 11.8 Å². The molecule has 3 N–H and O–H groups in total. The van der Waals surface area contributed by atoms with Crippen molar-refractivity contribution in [2.45, 2.75) is 38.0 Å². The van der Waals surface area contributed by atoms with E-state index in [0.29, 0.717) is 23.1 Å². The lowest BCUT2D eigenvalue weighted by molar-refractivity contribution is 0.0862. The molecule has 0 bridgehead atoms. The van der Waals surface area contributed by atoms with Gasteiger partial charge in [0.05, 0.1) is 0 Å². The predicted octanol–water partition coefficient (Wildman–Crippen LogP) is 4.92. The minimum Gasteiger partial charge on any atom is -0.382 e. The van der Waals surface area contributed by atoms with Crippen LogP contribution in [0.4, 0.5) is 11.6 Å². The van der Waals surface area contributed by atoms with Gasteiger partial charge in [-0.2, -0.15) is 0 Å². The van der Waals surface area contributed by atoms with E-state index in [0.717, 1.165) is 34.4 Å². The first-order valence-corrected chi connectivity index (χ1v) is 11.6. The van der Waals surface area contributed by atoms with Crippen molar-refractivity contribution in [3.05, 3.63) is 72.4 Å². The third kappa shape index (κ3) is 3.44. The third-order valence-corrected chi connectivity index (χ3v) is 7.35. The van der Waals surface area contributed by atoms with Crippen molar-refractivity contribution in [1.29, 1.82) is 0 Å². The van der Waals surface area contributed by atoms with Crippen LogP contribution in [0.1, 0.15) is 54.2 Å². The number of anilines is 2. The summed E-state index contributed by atoms with van der Waals surface area (Å²) in [7, 11) is 0. The van der Waals surface area contributed by atoms with E-state index in [1.807, 2.05) is 42.6 Å². The zero-order valence-electron chi connectivity index (χ0n) is 18.3. The van der Waals surface area contributed by atoms with Gasteiger partial charge in [0.1, 0.15) is 28.7 Å². The lowest BCUT2D eigenvalue weighted by Gasteiger charge is -2.45. The molecule has 7 heteroatoms. The maximum atomic E-state index is 12.6. The Hall–Kier alpha value is -3.74. The van der Waals surface area contributed by atoms with Crippen molar-refractivity contribution >= 4 is 23.1 Å². The van der Waals surface area contributed by atoms with Gasteiger partial charge in [-0.3, -0.25) is 9.20 Å². The summed E-state index contributed by atoms with van der Waals surface area (Å²) >= 11 is 0. The molecule has 33 heavy (non-hydrogen) atoms. The van der Waals surface area contributed by atoms with Gasteiger partial charge >= 0.3 is 0 Å². The van der Waals surface area contributed by atoms with Gasteiger partial charge in [-0.15, -0.1) is 0 Å². The number of rotatable bonds is 4. The molecule has 2 fully saturated rings. The molecule has 0 saturated heterocycles. The number of nitrogens with two attached hydrogens (primary N) is 1.